The molecule has 29 heavy (non-hydrogen) atoms. The van der Waals surface area contributed by atoms with Crippen LogP contribution in [0.1, 0.15) is 13.3 Å². The largest absolute Gasteiger partial charge is 0.384 e. The number of anilines is 1. The Balaban J connectivity index is 1.63. The van der Waals surface area contributed by atoms with E-state index in [1.165, 1.54) is 13.2 Å². The minimum atomic E-state index is -1.15. The molecule has 3 rings (SSSR count). The van der Waals surface area contributed by atoms with E-state index in [0.29, 0.717) is 26.2 Å². The first kappa shape index (κ1) is 21.3. The lowest BCUT2D eigenvalue weighted by atomic mass is 9.88. The molecule has 2 N–H and O–H groups in total. The molecule has 0 aliphatic carbocycles. The fourth-order valence-electron chi connectivity index (χ4n) is 3.76. The van der Waals surface area contributed by atoms with Gasteiger partial charge in [0.1, 0.15) is 11.4 Å². The Kier molecular flexibility index (Phi) is 6.28. The van der Waals surface area contributed by atoms with E-state index in [2.05, 4.69) is 10.6 Å². The number of carbonyl (C=O) groups excluding carboxylic acids is 3. The van der Waals surface area contributed by atoms with Crippen molar-refractivity contribution in [1.29, 1.82) is 0 Å². The first-order valence-electron chi connectivity index (χ1n) is 9.35. The van der Waals surface area contributed by atoms with Crippen LogP contribution in [-0.4, -0.2) is 68.2 Å². The van der Waals surface area contributed by atoms with E-state index in [4.69, 9.17) is 16.3 Å². The topological polar surface area (TPSA) is 91.0 Å². The van der Waals surface area contributed by atoms with Gasteiger partial charge >= 0.3 is 6.03 Å². The van der Waals surface area contributed by atoms with E-state index in [0.717, 1.165) is 5.69 Å². The second-order valence-electron chi connectivity index (χ2n) is 7.51. The number of carbonyl (C=O) groups is 3. The maximum absolute atomic E-state index is 13.4. The molecule has 0 aromatic heterocycles. The van der Waals surface area contributed by atoms with Crippen LogP contribution < -0.4 is 15.5 Å². The highest BCUT2D eigenvalue weighted by Gasteiger charge is 2.45. The van der Waals surface area contributed by atoms with Gasteiger partial charge in [-0.15, -0.1) is 0 Å². The van der Waals surface area contributed by atoms with Gasteiger partial charge in [0.2, 0.25) is 5.91 Å². The van der Waals surface area contributed by atoms with Gasteiger partial charge in [-0.25, -0.2) is 9.18 Å². The van der Waals surface area contributed by atoms with Crippen molar-refractivity contribution in [3.05, 3.63) is 29.0 Å². The number of amides is 4. The van der Waals surface area contributed by atoms with E-state index < -0.39 is 29.2 Å². The van der Waals surface area contributed by atoms with E-state index in [1.807, 2.05) is 4.90 Å². The van der Waals surface area contributed by atoms with Crippen molar-refractivity contribution >= 4 is 35.1 Å². The number of imide groups is 1. The maximum Gasteiger partial charge on any atom is 0.322 e. The third-order valence-electron chi connectivity index (χ3n) is 5.35. The molecule has 158 valence electrons. The molecule has 10 heteroatoms. The maximum atomic E-state index is 13.4. The average Bonchev–Trinajstić information content (AvgIpc) is 2.94. The van der Waals surface area contributed by atoms with Crippen molar-refractivity contribution in [3.63, 3.8) is 0 Å². The average molecular weight is 427 g/mol. The zero-order chi connectivity index (χ0) is 21.2. The molecule has 2 unspecified atom stereocenters. The Morgan fingerprint density at radius 1 is 1.31 bits per heavy atom. The summed E-state index contributed by atoms with van der Waals surface area (Å²) in [5.41, 5.74) is -0.349. The summed E-state index contributed by atoms with van der Waals surface area (Å²) in [4.78, 5) is 40.4. The van der Waals surface area contributed by atoms with Gasteiger partial charge < -0.3 is 19.9 Å². The first-order chi connectivity index (χ1) is 13.7. The van der Waals surface area contributed by atoms with E-state index in [1.54, 1.807) is 24.0 Å². The molecule has 2 saturated heterocycles. The number of nitrogens with zero attached hydrogens (tertiary/aromatic N) is 2. The summed E-state index contributed by atoms with van der Waals surface area (Å²) < 4.78 is 18.6. The van der Waals surface area contributed by atoms with Gasteiger partial charge in [0.05, 0.1) is 17.5 Å². The normalized spacial score (nSPS) is 23.0. The number of methoxy groups -OCH3 is 1. The fourth-order valence-corrected chi connectivity index (χ4v) is 3.93. The highest BCUT2D eigenvalue weighted by Crippen LogP contribution is 2.26. The fraction of sp³-hybridized carbons (Fsp3) is 0.526. The Morgan fingerprint density at radius 2 is 2.00 bits per heavy atom. The van der Waals surface area contributed by atoms with Gasteiger partial charge in [-0.05, 0) is 31.5 Å². The standard InChI is InChI=1S/C19H24ClFN4O4/c1-19(17(27)22-18(28)23-19)10-12(11-29-2)16(26)25-7-5-24(6-8-25)13-3-4-15(21)14(20)9-13/h3-4,9,12H,5-8,10-11H2,1-2H3,(H2,22,23,27,28). The molecule has 2 atom stereocenters. The van der Waals surface area contributed by atoms with Crippen molar-refractivity contribution in [2.45, 2.75) is 18.9 Å². The van der Waals surface area contributed by atoms with Crippen molar-refractivity contribution in [3.8, 4) is 0 Å². The molecule has 4 amide bonds. The second kappa shape index (κ2) is 8.54. The number of halogens is 2. The Labute approximate surface area is 173 Å². The van der Waals surface area contributed by atoms with E-state index in [-0.39, 0.29) is 24.0 Å². The molecule has 0 radical (unpaired) electrons. The van der Waals surface area contributed by atoms with Gasteiger partial charge in [0.25, 0.3) is 5.91 Å². The number of piperazine rings is 1. The van der Waals surface area contributed by atoms with Gasteiger partial charge in [0, 0.05) is 39.0 Å². The van der Waals surface area contributed by atoms with Crippen LogP contribution in [0.15, 0.2) is 18.2 Å². The summed E-state index contributed by atoms with van der Waals surface area (Å²) in [6, 6.07) is 4.00. The molecule has 2 heterocycles. The van der Waals surface area contributed by atoms with Gasteiger partial charge in [-0.3, -0.25) is 14.9 Å². The van der Waals surface area contributed by atoms with Crippen LogP contribution in [0.25, 0.3) is 0 Å². The van der Waals surface area contributed by atoms with Crippen LogP contribution in [0.2, 0.25) is 5.02 Å². The Morgan fingerprint density at radius 3 is 2.55 bits per heavy atom. The van der Waals surface area contributed by atoms with Crippen molar-refractivity contribution in [1.82, 2.24) is 15.5 Å². The zero-order valence-corrected chi connectivity index (χ0v) is 17.1. The molecule has 8 nitrogen and oxygen atoms in total. The minimum Gasteiger partial charge on any atom is -0.384 e. The molecule has 2 fully saturated rings. The summed E-state index contributed by atoms with van der Waals surface area (Å²) in [5.74, 6) is -1.61. The summed E-state index contributed by atoms with van der Waals surface area (Å²) >= 11 is 5.86. The van der Waals surface area contributed by atoms with Crippen LogP contribution >= 0.6 is 11.6 Å². The van der Waals surface area contributed by atoms with Crippen LogP contribution in [0.3, 0.4) is 0 Å². The quantitative estimate of drug-likeness (QED) is 0.671. The number of benzene rings is 1. The van der Waals surface area contributed by atoms with E-state index in [9.17, 15) is 18.8 Å². The highest BCUT2D eigenvalue weighted by molar-refractivity contribution is 6.31. The summed E-state index contributed by atoms with van der Waals surface area (Å²) in [7, 11) is 1.49. The van der Waals surface area contributed by atoms with E-state index >= 15 is 0 Å². The molecule has 2 aliphatic rings. The smallest absolute Gasteiger partial charge is 0.322 e. The van der Waals surface area contributed by atoms with Crippen LogP contribution in [-0.2, 0) is 14.3 Å². The number of urea groups is 1. The second-order valence-corrected chi connectivity index (χ2v) is 7.91. The number of rotatable bonds is 6. The van der Waals surface area contributed by atoms with Gasteiger partial charge in [0.15, 0.2) is 0 Å². The van der Waals surface area contributed by atoms with Crippen molar-refractivity contribution in [2.24, 2.45) is 5.92 Å². The van der Waals surface area contributed by atoms with Crippen LogP contribution in [0, 0.1) is 11.7 Å². The lowest BCUT2D eigenvalue weighted by Gasteiger charge is -2.38. The monoisotopic (exact) mass is 426 g/mol. The molecular formula is C19H24ClFN4O4. The predicted molar refractivity (Wildman–Crippen MR) is 105 cm³/mol. The van der Waals surface area contributed by atoms with Crippen LogP contribution in [0.5, 0.6) is 0 Å². The van der Waals surface area contributed by atoms with Gasteiger partial charge in [-0.2, -0.15) is 0 Å². The third kappa shape index (κ3) is 4.62. The molecule has 2 aliphatic heterocycles. The number of hydrogen-bond acceptors (Lipinski definition) is 5. The lowest BCUT2D eigenvalue weighted by molar-refractivity contribution is -0.139. The molecule has 1 aromatic rings. The van der Waals surface area contributed by atoms with Crippen molar-refractivity contribution in [2.75, 3.05) is 44.8 Å². The molecule has 0 spiro atoms. The van der Waals surface area contributed by atoms with Crippen LogP contribution in [0.4, 0.5) is 14.9 Å². The number of nitrogens with one attached hydrogen (secondary N) is 2. The molecule has 1 aromatic carbocycles. The zero-order valence-electron chi connectivity index (χ0n) is 16.3. The summed E-state index contributed by atoms with van der Waals surface area (Å²) in [6.45, 7) is 3.83. The summed E-state index contributed by atoms with van der Waals surface area (Å²) in [5, 5.41) is 4.86. The Hall–Kier alpha value is -2.39. The predicted octanol–water partition coefficient (Wildman–Crippen LogP) is 1.38. The number of ether oxygens (including phenoxy) is 1. The van der Waals surface area contributed by atoms with Crippen molar-refractivity contribution < 1.29 is 23.5 Å². The third-order valence-corrected chi connectivity index (χ3v) is 5.64. The Bertz CT molecular complexity index is 815. The summed E-state index contributed by atoms with van der Waals surface area (Å²) in [6.07, 6.45) is 0.144. The molecule has 0 saturated carbocycles. The minimum absolute atomic E-state index is 0.0614. The van der Waals surface area contributed by atoms with Gasteiger partial charge in [-0.1, -0.05) is 11.6 Å². The first-order valence-corrected chi connectivity index (χ1v) is 9.72. The SMILES string of the molecule is COCC(CC1(C)NC(=O)NC1=O)C(=O)N1CCN(c2ccc(F)c(Cl)c2)CC1. The number of hydrogen-bond donors (Lipinski definition) is 2. The molecular weight excluding hydrogens is 403 g/mol. The lowest BCUT2D eigenvalue weighted by Crippen LogP contribution is -2.53. The highest BCUT2D eigenvalue weighted by atomic mass is 35.5. The molecule has 0 bridgehead atoms.